The second-order valence-electron chi connectivity index (χ2n) is 10.0. The maximum absolute atomic E-state index is 12.6. The van der Waals surface area contributed by atoms with Gasteiger partial charge in [0, 0.05) is 43.0 Å². The van der Waals surface area contributed by atoms with Crippen LogP contribution in [0.5, 0.6) is 0 Å². The molecule has 10 heteroatoms. The number of piperidine rings is 1. The van der Waals surface area contributed by atoms with E-state index in [1.54, 1.807) is 17.3 Å². The summed E-state index contributed by atoms with van der Waals surface area (Å²) in [6.07, 6.45) is 4.83. The molecular weight excluding hydrogens is 411 g/mol. The fourth-order valence-corrected chi connectivity index (χ4v) is 4.08. The Morgan fingerprint density at radius 2 is 1.81 bits per heavy atom. The van der Waals surface area contributed by atoms with Crippen LogP contribution in [0.2, 0.25) is 0 Å². The number of hydrogen-bond donors (Lipinski definition) is 2. The van der Waals surface area contributed by atoms with Gasteiger partial charge >= 0.3 is 7.12 Å². The Morgan fingerprint density at radius 1 is 1.22 bits per heavy atom. The summed E-state index contributed by atoms with van der Waals surface area (Å²) in [5, 5.41) is 19.1. The summed E-state index contributed by atoms with van der Waals surface area (Å²) in [7, 11) is -0.520. The summed E-state index contributed by atoms with van der Waals surface area (Å²) in [4.78, 5) is 25.5. The highest BCUT2D eigenvalue weighted by Crippen LogP contribution is 2.36. The van der Waals surface area contributed by atoms with Crippen molar-refractivity contribution in [3.63, 3.8) is 0 Å². The molecule has 178 valence electrons. The number of amides is 1. The zero-order valence-electron chi connectivity index (χ0n) is 20.1. The summed E-state index contributed by atoms with van der Waals surface area (Å²) in [6, 6.07) is 0.0329. The number of anilines is 1. The van der Waals surface area contributed by atoms with Crippen LogP contribution in [-0.2, 0) is 14.1 Å². The van der Waals surface area contributed by atoms with E-state index in [0.29, 0.717) is 19.0 Å². The lowest BCUT2D eigenvalue weighted by molar-refractivity contribution is -0.145. The number of aliphatic hydroxyl groups is 2. The number of aromatic nitrogens is 2. The van der Waals surface area contributed by atoms with E-state index in [-0.39, 0.29) is 12.1 Å². The summed E-state index contributed by atoms with van der Waals surface area (Å²) in [5.41, 5.74) is -0.107. The first-order valence-corrected chi connectivity index (χ1v) is 11.5. The fraction of sp³-hybridized carbons (Fsp3) is 0.773. The van der Waals surface area contributed by atoms with Gasteiger partial charge in [-0.05, 0) is 60.8 Å². The van der Waals surface area contributed by atoms with Crippen LogP contribution >= 0.6 is 0 Å². The van der Waals surface area contributed by atoms with Gasteiger partial charge in [-0.15, -0.1) is 0 Å². The average Bonchev–Trinajstić information content (AvgIpc) is 2.98. The fourth-order valence-electron chi connectivity index (χ4n) is 4.08. The predicted molar refractivity (Wildman–Crippen MR) is 123 cm³/mol. The first kappa shape index (κ1) is 24.9. The summed E-state index contributed by atoms with van der Waals surface area (Å²) < 4.78 is 12.2. The Hall–Kier alpha value is -1.75. The number of carbonyl (C=O) groups excluding carboxylic acids is 1. The number of carbonyl (C=O) groups is 1. The van der Waals surface area contributed by atoms with Crippen molar-refractivity contribution in [1.82, 2.24) is 14.9 Å². The average molecular weight is 448 g/mol. The van der Waals surface area contributed by atoms with Crippen molar-refractivity contribution in [2.75, 3.05) is 24.6 Å². The molecule has 1 aromatic heterocycles. The molecule has 2 N–H and O–H groups in total. The van der Waals surface area contributed by atoms with Crippen molar-refractivity contribution >= 4 is 24.4 Å². The van der Waals surface area contributed by atoms with Gasteiger partial charge in [-0.2, -0.15) is 0 Å². The molecule has 0 aromatic carbocycles. The van der Waals surface area contributed by atoms with Crippen molar-refractivity contribution < 1.29 is 24.3 Å². The minimum atomic E-state index is -1.38. The number of nitrogens with zero attached hydrogens (tertiary/aromatic N) is 4. The van der Waals surface area contributed by atoms with Crippen LogP contribution in [0.1, 0.15) is 60.8 Å². The van der Waals surface area contributed by atoms with Crippen LogP contribution < -0.4 is 10.4 Å². The second kappa shape index (κ2) is 9.63. The third kappa shape index (κ3) is 5.08. The lowest BCUT2D eigenvalue weighted by Crippen LogP contribution is -2.54. The van der Waals surface area contributed by atoms with E-state index < -0.39 is 36.9 Å². The topological polar surface area (TPSA) is 108 Å². The van der Waals surface area contributed by atoms with Gasteiger partial charge in [0.1, 0.15) is 0 Å². The van der Waals surface area contributed by atoms with Gasteiger partial charge in [0.05, 0.1) is 17.8 Å². The highest BCUT2D eigenvalue weighted by molar-refractivity contribution is 6.61. The first-order chi connectivity index (χ1) is 15.0. The molecule has 0 aliphatic carbocycles. The van der Waals surface area contributed by atoms with Gasteiger partial charge < -0.3 is 29.3 Å². The number of rotatable bonds is 7. The Morgan fingerprint density at radius 3 is 2.34 bits per heavy atom. The van der Waals surface area contributed by atoms with Crippen LogP contribution in [0.25, 0.3) is 0 Å². The number of hydrogen-bond acceptors (Lipinski definition) is 8. The summed E-state index contributed by atoms with van der Waals surface area (Å²) in [6.45, 7) is 12.7. The Balaban J connectivity index is 1.75. The Labute approximate surface area is 191 Å². The molecule has 2 saturated heterocycles. The Bertz CT molecular complexity index is 773. The highest BCUT2D eigenvalue weighted by atomic mass is 16.7. The molecule has 3 heterocycles. The van der Waals surface area contributed by atoms with Crippen molar-refractivity contribution in [3.8, 4) is 0 Å². The SMILES string of the molecule is CC(C)N(CC1CCCCN1C(=O)C(O)CO)c1ncc(B2OC(C)(C)C(C)(C)O2)cn1. The van der Waals surface area contributed by atoms with Gasteiger partial charge in [0.15, 0.2) is 6.10 Å². The van der Waals surface area contributed by atoms with Crippen LogP contribution in [0.15, 0.2) is 12.4 Å². The van der Waals surface area contributed by atoms with Crippen LogP contribution in [0.3, 0.4) is 0 Å². The van der Waals surface area contributed by atoms with Crippen LogP contribution in [-0.4, -0.2) is 87.2 Å². The maximum atomic E-state index is 12.6. The lowest BCUT2D eigenvalue weighted by atomic mass is 9.81. The highest BCUT2D eigenvalue weighted by Gasteiger charge is 2.52. The van der Waals surface area contributed by atoms with Crippen LogP contribution in [0, 0.1) is 0 Å². The van der Waals surface area contributed by atoms with Crippen molar-refractivity contribution in [2.45, 2.75) is 90.2 Å². The van der Waals surface area contributed by atoms with E-state index in [0.717, 1.165) is 24.7 Å². The lowest BCUT2D eigenvalue weighted by Gasteiger charge is -2.40. The van der Waals surface area contributed by atoms with E-state index in [9.17, 15) is 15.0 Å². The molecule has 2 aliphatic rings. The monoisotopic (exact) mass is 448 g/mol. The van der Waals surface area contributed by atoms with Gasteiger partial charge in [-0.1, -0.05) is 0 Å². The third-order valence-corrected chi connectivity index (χ3v) is 6.84. The molecule has 32 heavy (non-hydrogen) atoms. The third-order valence-electron chi connectivity index (χ3n) is 6.84. The van der Waals surface area contributed by atoms with Crippen molar-refractivity contribution in [3.05, 3.63) is 12.4 Å². The molecule has 0 spiro atoms. The molecule has 2 atom stereocenters. The van der Waals surface area contributed by atoms with Gasteiger partial charge in [0.2, 0.25) is 5.95 Å². The van der Waals surface area contributed by atoms with E-state index in [1.165, 1.54) is 0 Å². The smallest absolute Gasteiger partial charge is 0.399 e. The zero-order valence-corrected chi connectivity index (χ0v) is 20.1. The molecule has 1 aromatic rings. The molecule has 3 rings (SSSR count). The van der Waals surface area contributed by atoms with E-state index >= 15 is 0 Å². The standard InChI is InChI=1S/C22H37BN4O5/c1-15(2)27(13-17-9-7-8-10-26(17)19(30)18(29)14-28)20-24-11-16(12-25-20)23-31-21(3,4)22(5,6)32-23/h11-12,15,17-18,28-29H,7-10,13-14H2,1-6H3. The molecule has 0 saturated carbocycles. The van der Waals surface area contributed by atoms with E-state index in [4.69, 9.17) is 9.31 Å². The minimum absolute atomic E-state index is 0.0776. The largest absolute Gasteiger partial charge is 0.498 e. The molecule has 1 amide bonds. The van der Waals surface area contributed by atoms with Gasteiger partial charge in [-0.3, -0.25) is 4.79 Å². The molecular formula is C22H37BN4O5. The number of aliphatic hydroxyl groups excluding tert-OH is 2. The molecule has 2 fully saturated rings. The quantitative estimate of drug-likeness (QED) is 0.588. The second-order valence-corrected chi connectivity index (χ2v) is 10.0. The predicted octanol–water partition coefficient (Wildman–Crippen LogP) is 0.725. The van der Waals surface area contributed by atoms with Gasteiger partial charge in [-0.25, -0.2) is 9.97 Å². The molecule has 2 aliphatic heterocycles. The summed E-state index contributed by atoms with van der Waals surface area (Å²) in [5.74, 6) is 0.152. The van der Waals surface area contributed by atoms with Gasteiger partial charge in [0.25, 0.3) is 5.91 Å². The molecule has 0 radical (unpaired) electrons. The minimum Gasteiger partial charge on any atom is -0.399 e. The Kier molecular flexibility index (Phi) is 7.49. The molecule has 9 nitrogen and oxygen atoms in total. The zero-order chi connectivity index (χ0) is 23.7. The normalized spacial score (nSPS) is 23.5. The molecule has 0 bridgehead atoms. The van der Waals surface area contributed by atoms with Crippen molar-refractivity contribution in [1.29, 1.82) is 0 Å². The number of likely N-dealkylation sites (tertiary alicyclic amines) is 1. The first-order valence-electron chi connectivity index (χ1n) is 11.5. The van der Waals surface area contributed by atoms with Crippen LogP contribution in [0.4, 0.5) is 5.95 Å². The van der Waals surface area contributed by atoms with E-state index in [1.807, 2.05) is 27.7 Å². The maximum Gasteiger partial charge on any atom is 0.498 e. The molecule has 2 unspecified atom stereocenters. The summed E-state index contributed by atoms with van der Waals surface area (Å²) >= 11 is 0. The van der Waals surface area contributed by atoms with E-state index in [2.05, 4.69) is 28.7 Å². The van der Waals surface area contributed by atoms with Crippen molar-refractivity contribution in [2.24, 2.45) is 0 Å².